The average molecular weight is 349 g/mol. The second-order valence-electron chi connectivity index (χ2n) is 5.53. The van der Waals surface area contributed by atoms with Crippen LogP contribution in [-0.4, -0.2) is 19.6 Å². The molecule has 0 fully saturated rings. The number of hydrogen-bond acceptors (Lipinski definition) is 3. The van der Waals surface area contributed by atoms with Crippen molar-refractivity contribution in [1.29, 1.82) is 0 Å². The van der Waals surface area contributed by atoms with Crippen LogP contribution in [0.15, 0.2) is 18.2 Å². The summed E-state index contributed by atoms with van der Waals surface area (Å²) in [6, 6.07) is 5.36. The molecule has 0 saturated carbocycles. The van der Waals surface area contributed by atoms with Crippen LogP contribution in [-0.2, 0) is 4.79 Å². The molecule has 1 unspecified atom stereocenters. The SMILES string of the molecule is COc1ccc(Cl)cc1C(CC(C)C)NC(=O)CCCN.Cl. The van der Waals surface area contributed by atoms with E-state index in [-0.39, 0.29) is 24.4 Å². The Kier molecular flexibility index (Phi) is 10.2. The van der Waals surface area contributed by atoms with E-state index >= 15 is 0 Å². The van der Waals surface area contributed by atoms with Crippen molar-refractivity contribution >= 4 is 29.9 Å². The smallest absolute Gasteiger partial charge is 0.220 e. The van der Waals surface area contributed by atoms with Gasteiger partial charge < -0.3 is 15.8 Å². The fourth-order valence-electron chi connectivity index (χ4n) is 2.24. The van der Waals surface area contributed by atoms with Crippen molar-refractivity contribution in [3.8, 4) is 5.75 Å². The fourth-order valence-corrected chi connectivity index (χ4v) is 2.42. The van der Waals surface area contributed by atoms with Gasteiger partial charge in [0.2, 0.25) is 5.91 Å². The Balaban J connectivity index is 0.00000441. The molecule has 0 bridgehead atoms. The van der Waals surface area contributed by atoms with Gasteiger partial charge in [-0.3, -0.25) is 4.79 Å². The molecule has 22 heavy (non-hydrogen) atoms. The van der Waals surface area contributed by atoms with Crippen molar-refractivity contribution < 1.29 is 9.53 Å². The predicted octanol–water partition coefficient (Wildman–Crippen LogP) is 3.71. The van der Waals surface area contributed by atoms with E-state index in [0.717, 1.165) is 17.7 Å². The van der Waals surface area contributed by atoms with Crippen LogP contribution in [0.25, 0.3) is 0 Å². The molecule has 1 atom stereocenters. The molecule has 0 saturated heterocycles. The van der Waals surface area contributed by atoms with Gasteiger partial charge in [-0.25, -0.2) is 0 Å². The second kappa shape index (κ2) is 10.7. The number of carbonyl (C=O) groups excluding carboxylic acids is 1. The zero-order chi connectivity index (χ0) is 15.8. The third-order valence-corrected chi connectivity index (χ3v) is 3.45. The van der Waals surface area contributed by atoms with Gasteiger partial charge in [0, 0.05) is 17.0 Å². The third-order valence-electron chi connectivity index (χ3n) is 3.22. The van der Waals surface area contributed by atoms with Gasteiger partial charge in [0.05, 0.1) is 13.2 Å². The van der Waals surface area contributed by atoms with Gasteiger partial charge in [-0.15, -0.1) is 12.4 Å². The summed E-state index contributed by atoms with van der Waals surface area (Å²) in [6.07, 6.45) is 1.95. The maximum Gasteiger partial charge on any atom is 0.220 e. The highest BCUT2D eigenvalue weighted by Gasteiger charge is 2.20. The summed E-state index contributed by atoms with van der Waals surface area (Å²) in [5.74, 6) is 1.19. The Morgan fingerprint density at radius 2 is 2.09 bits per heavy atom. The molecule has 0 aliphatic heterocycles. The summed E-state index contributed by atoms with van der Waals surface area (Å²) in [6.45, 7) is 4.76. The minimum Gasteiger partial charge on any atom is -0.496 e. The number of nitrogens with two attached hydrogens (primary N) is 1. The van der Waals surface area contributed by atoms with Crippen LogP contribution >= 0.6 is 24.0 Å². The molecule has 0 spiro atoms. The molecule has 4 nitrogen and oxygen atoms in total. The topological polar surface area (TPSA) is 64.3 Å². The molecular weight excluding hydrogens is 323 g/mol. The lowest BCUT2D eigenvalue weighted by Crippen LogP contribution is -2.30. The summed E-state index contributed by atoms with van der Waals surface area (Å²) in [5, 5.41) is 3.70. The number of ether oxygens (including phenoxy) is 1. The maximum atomic E-state index is 12.0. The number of nitrogens with one attached hydrogen (secondary N) is 1. The van der Waals surface area contributed by atoms with Crippen LogP contribution in [0.2, 0.25) is 5.02 Å². The first-order valence-electron chi connectivity index (χ1n) is 7.30. The zero-order valence-corrected chi connectivity index (χ0v) is 15.0. The van der Waals surface area contributed by atoms with Crippen molar-refractivity contribution in [2.75, 3.05) is 13.7 Å². The van der Waals surface area contributed by atoms with E-state index in [1.165, 1.54) is 0 Å². The van der Waals surface area contributed by atoms with E-state index in [1.54, 1.807) is 13.2 Å². The summed E-state index contributed by atoms with van der Waals surface area (Å²) in [5.41, 5.74) is 6.36. The van der Waals surface area contributed by atoms with Gasteiger partial charge in [0.15, 0.2) is 0 Å². The van der Waals surface area contributed by atoms with Crippen LogP contribution < -0.4 is 15.8 Å². The van der Waals surface area contributed by atoms with Gasteiger partial charge >= 0.3 is 0 Å². The number of rotatable bonds is 8. The molecule has 0 aromatic heterocycles. The van der Waals surface area contributed by atoms with Crippen LogP contribution in [0.4, 0.5) is 0 Å². The van der Waals surface area contributed by atoms with Crippen molar-refractivity contribution in [1.82, 2.24) is 5.32 Å². The first-order valence-corrected chi connectivity index (χ1v) is 7.68. The number of benzene rings is 1. The second-order valence-corrected chi connectivity index (χ2v) is 5.96. The highest BCUT2D eigenvalue weighted by atomic mass is 35.5. The molecule has 1 rings (SSSR count). The quantitative estimate of drug-likeness (QED) is 0.752. The Bertz CT molecular complexity index is 467. The molecule has 0 radical (unpaired) electrons. The van der Waals surface area contributed by atoms with E-state index in [0.29, 0.717) is 30.3 Å². The minimum atomic E-state index is -0.107. The number of carbonyl (C=O) groups is 1. The molecule has 6 heteroatoms. The Hall–Kier alpha value is -0.970. The third kappa shape index (κ3) is 6.86. The number of methoxy groups -OCH3 is 1. The van der Waals surface area contributed by atoms with Crippen LogP contribution in [0, 0.1) is 5.92 Å². The first kappa shape index (κ1) is 21.0. The molecule has 126 valence electrons. The van der Waals surface area contributed by atoms with Crippen LogP contribution in [0.5, 0.6) is 5.75 Å². The van der Waals surface area contributed by atoms with Crippen LogP contribution in [0.1, 0.15) is 44.7 Å². The van der Waals surface area contributed by atoms with Gasteiger partial charge in [-0.2, -0.15) is 0 Å². The lowest BCUT2D eigenvalue weighted by Gasteiger charge is -2.23. The number of halogens is 2. The van der Waals surface area contributed by atoms with E-state index in [2.05, 4.69) is 19.2 Å². The standard InChI is InChI=1S/C16H25ClN2O2.ClH/c1-11(2)9-14(19-16(20)5-4-8-18)13-10-12(17)6-7-15(13)21-3;/h6-7,10-11,14H,4-5,8-9,18H2,1-3H3,(H,19,20);1H. The molecule has 1 amide bonds. The largest absolute Gasteiger partial charge is 0.496 e. The zero-order valence-electron chi connectivity index (χ0n) is 13.4. The summed E-state index contributed by atoms with van der Waals surface area (Å²) in [4.78, 5) is 12.0. The molecule has 0 aliphatic rings. The normalized spacial score (nSPS) is 11.7. The molecule has 0 aliphatic carbocycles. The monoisotopic (exact) mass is 348 g/mol. The molecule has 1 aromatic carbocycles. The molecule has 1 aromatic rings. The molecule has 0 heterocycles. The summed E-state index contributed by atoms with van der Waals surface area (Å²) < 4.78 is 5.40. The Morgan fingerprint density at radius 3 is 2.64 bits per heavy atom. The minimum absolute atomic E-state index is 0. The number of amides is 1. The first-order chi connectivity index (χ1) is 9.97. The van der Waals surface area contributed by atoms with Gasteiger partial charge in [0.1, 0.15) is 5.75 Å². The van der Waals surface area contributed by atoms with E-state index in [4.69, 9.17) is 22.1 Å². The maximum absolute atomic E-state index is 12.0. The fraction of sp³-hybridized carbons (Fsp3) is 0.562. The number of hydrogen-bond donors (Lipinski definition) is 2. The summed E-state index contributed by atoms with van der Waals surface area (Å²) >= 11 is 6.09. The Morgan fingerprint density at radius 1 is 1.41 bits per heavy atom. The van der Waals surface area contributed by atoms with E-state index < -0.39 is 0 Å². The van der Waals surface area contributed by atoms with Crippen molar-refractivity contribution in [2.45, 2.75) is 39.2 Å². The van der Waals surface area contributed by atoms with E-state index in [1.807, 2.05) is 12.1 Å². The van der Waals surface area contributed by atoms with Crippen LogP contribution in [0.3, 0.4) is 0 Å². The van der Waals surface area contributed by atoms with Gasteiger partial charge in [0.25, 0.3) is 0 Å². The Labute approximate surface area is 144 Å². The molecule has 3 N–H and O–H groups in total. The predicted molar refractivity (Wildman–Crippen MR) is 93.9 cm³/mol. The average Bonchev–Trinajstić information content (AvgIpc) is 2.43. The highest BCUT2D eigenvalue weighted by molar-refractivity contribution is 6.30. The van der Waals surface area contributed by atoms with Crippen molar-refractivity contribution in [3.05, 3.63) is 28.8 Å². The highest BCUT2D eigenvalue weighted by Crippen LogP contribution is 2.32. The molecular formula is C16H26Cl2N2O2. The van der Waals surface area contributed by atoms with Gasteiger partial charge in [-0.1, -0.05) is 25.4 Å². The van der Waals surface area contributed by atoms with E-state index in [9.17, 15) is 4.79 Å². The lowest BCUT2D eigenvalue weighted by molar-refractivity contribution is -0.122. The lowest BCUT2D eigenvalue weighted by atomic mass is 9.96. The summed E-state index contributed by atoms with van der Waals surface area (Å²) in [7, 11) is 1.62. The van der Waals surface area contributed by atoms with Gasteiger partial charge in [-0.05, 0) is 43.5 Å². The van der Waals surface area contributed by atoms with Crippen molar-refractivity contribution in [3.63, 3.8) is 0 Å². The van der Waals surface area contributed by atoms with Crippen molar-refractivity contribution in [2.24, 2.45) is 11.7 Å².